The lowest BCUT2D eigenvalue weighted by atomic mass is 10.0. The van der Waals surface area contributed by atoms with Crippen LogP contribution in [0.15, 0.2) is 10.6 Å². The number of β-amino-alcohol motifs (C(OH)–C–C–N with tert-alkyl or cyclic N) is 1. The largest absolute Gasteiger partial charge is 0.391 e. The second kappa shape index (κ2) is 6.34. The van der Waals surface area contributed by atoms with Crippen molar-refractivity contribution in [3.05, 3.63) is 33.1 Å². The molecule has 6 heteroatoms. The van der Waals surface area contributed by atoms with Crippen LogP contribution < -0.4 is 0 Å². The fourth-order valence-electron chi connectivity index (χ4n) is 3.71. The highest BCUT2D eigenvalue weighted by molar-refractivity contribution is 7.11. The van der Waals surface area contributed by atoms with Gasteiger partial charge in [0.15, 0.2) is 0 Å². The second-order valence-corrected chi connectivity index (χ2v) is 8.01. The molecule has 0 unspecified atom stereocenters. The predicted octanol–water partition coefficient (Wildman–Crippen LogP) is 2.35. The zero-order chi connectivity index (χ0) is 15.8. The molecule has 1 saturated heterocycles. The summed E-state index contributed by atoms with van der Waals surface area (Å²) in [5.74, 6) is 1.09. The Hall–Kier alpha value is -1.24. The number of aliphatic hydroxyl groups is 1. The molecule has 2 aromatic heterocycles. The third-order valence-electron chi connectivity index (χ3n) is 4.87. The zero-order valence-corrected chi connectivity index (χ0v) is 14.3. The lowest BCUT2D eigenvalue weighted by Crippen LogP contribution is -2.21. The van der Waals surface area contributed by atoms with E-state index in [9.17, 15) is 5.11 Å². The van der Waals surface area contributed by atoms with Crippen LogP contribution in [-0.4, -0.2) is 39.3 Å². The SMILES string of the molecule is Cc1cc(C[C@@H]2CN(Cc3nc4c(s3)CCCC4)C[C@H]2O)on1. The van der Waals surface area contributed by atoms with Gasteiger partial charge in [-0.25, -0.2) is 4.98 Å². The van der Waals surface area contributed by atoms with E-state index in [1.165, 1.54) is 34.8 Å². The molecular weight excluding hydrogens is 310 g/mol. The van der Waals surface area contributed by atoms with Crippen molar-refractivity contribution >= 4 is 11.3 Å². The average molecular weight is 333 g/mol. The van der Waals surface area contributed by atoms with Crippen LogP contribution in [0.4, 0.5) is 0 Å². The van der Waals surface area contributed by atoms with Crippen molar-refractivity contribution < 1.29 is 9.63 Å². The summed E-state index contributed by atoms with van der Waals surface area (Å²) in [4.78, 5) is 8.63. The third kappa shape index (κ3) is 3.34. The third-order valence-corrected chi connectivity index (χ3v) is 6.01. The molecule has 4 rings (SSSR count). The summed E-state index contributed by atoms with van der Waals surface area (Å²) in [5.41, 5.74) is 2.22. The molecule has 124 valence electrons. The highest BCUT2D eigenvalue weighted by Gasteiger charge is 2.32. The molecule has 5 nitrogen and oxygen atoms in total. The second-order valence-electron chi connectivity index (χ2n) is 6.84. The number of hydrogen-bond donors (Lipinski definition) is 1. The van der Waals surface area contributed by atoms with Crippen molar-refractivity contribution in [2.45, 2.75) is 51.7 Å². The molecule has 0 spiro atoms. The van der Waals surface area contributed by atoms with Crippen LogP contribution in [0.3, 0.4) is 0 Å². The predicted molar refractivity (Wildman–Crippen MR) is 88.5 cm³/mol. The number of hydrogen-bond acceptors (Lipinski definition) is 6. The Balaban J connectivity index is 1.38. The van der Waals surface area contributed by atoms with Crippen molar-refractivity contribution in [1.82, 2.24) is 15.0 Å². The van der Waals surface area contributed by atoms with Gasteiger partial charge in [0, 0.05) is 36.4 Å². The summed E-state index contributed by atoms with van der Waals surface area (Å²) in [6, 6.07) is 1.96. The molecule has 1 aliphatic heterocycles. The van der Waals surface area contributed by atoms with Crippen molar-refractivity contribution in [2.75, 3.05) is 13.1 Å². The van der Waals surface area contributed by atoms with Crippen LogP contribution in [0.2, 0.25) is 0 Å². The highest BCUT2D eigenvalue weighted by atomic mass is 32.1. The van der Waals surface area contributed by atoms with Gasteiger partial charge in [0.2, 0.25) is 0 Å². The number of thiazole rings is 1. The fraction of sp³-hybridized carbons (Fsp3) is 0.647. The van der Waals surface area contributed by atoms with Crippen molar-refractivity contribution in [3.8, 4) is 0 Å². The van der Waals surface area contributed by atoms with Crippen molar-refractivity contribution in [1.29, 1.82) is 0 Å². The molecule has 3 heterocycles. The Morgan fingerprint density at radius 1 is 1.35 bits per heavy atom. The van der Waals surface area contributed by atoms with Crippen LogP contribution in [-0.2, 0) is 25.8 Å². The molecule has 0 amide bonds. The number of fused-ring (bicyclic) bond motifs is 1. The molecule has 1 N–H and O–H groups in total. The van der Waals surface area contributed by atoms with E-state index in [2.05, 4.69) is 10.1 Å². The van der Waals surface area contributed by atoms with Crippen LogP contribution in [0.5, 0.6) is 0 Å². The van der Waals surface area contributed by atoms with E-state index in [-0.39, 0.29) is 12.0 Å². The van der Waals surface area contributed by atoms with Crippen LogP contribution in [0.25, 0.3) is 0 Å². The number of aryl methyl sites for hydroxylation is 3. The van der Waals surface area contributed by atoms with E-state index in [1.807, 2.05) is 24.3 Å². The number of aliphatic hydroxyl groups excluding tert-OH is 1. The van der Waals surface area contributed by atoms with Gasteiger partial charge in [-0.1, -0.05) is 5.16 Å². The van der Waals surface area contributed by atoms with Gasteiger partial charge in [-0.15, -0.1) is 11.3 Å². The van der Waals surface area contributed by atoms with Gasteiger partial charge in [-0.05, 0) is 32.6 Å². The minimum absolute atomic E-state index is 0.219. The molecule has 1 aliphatic carbocycles. The molecule has 0 aromatic carbocycles. The molecule has 0 saturated carbocycles. The monoisotopic (exact) mass is 333 g/mol. The molecule has 2 atom stereocenters. The van der Waals surface area contributed by atoms with E-state index in [0.29, 0.717) is 0 Å². The van der Waals surface area contributed by atoms with Gasteiger partial charge in [0.05, 0.1) is 24.0 Å². The number of nitrogens with zero attached hydrogens (tertiary/aromatic N) is 3. The minimum atomic E-state index is -0.296. The summed E-state index contributed by atoms with van der Waals surface area (Å²) in [7, 11) is 0. The first-order chi connectivity index (χ1) is 11.2. The smallest absolute Gasteiger partial charge is 0.137 e. The van der Waals surface area contributed by atoms with E-state index >= 15 is 0 Å². The quantitative estimate of drug-likeness (QED) is 0.930. The van der Waals surface area contributed by atoms with Gasteiger partial charge in [-0.3, -0.25) is 4.90 Å². The molecular formula is C17H23N3O2S. The molecule has 0 bridgehead atoms. The summed E-state index contributed by atoms with van der Waals surface area (Å²) in [5, 5.41) is 15.5. The van der Waals surface area contributed by atoms with Gasteiger partial charge < -0.3 is 9.63 Å². The van der Waals surface area contributed by atoms with Crippen molar-refractivity contribution in [3.63, 3.8) is 0 Å². The van der Waals surface area contributed by atoms with Crippen LogP contribution in [0, 0.1) is 12.8 Å². The van der Waals surface area contributed by atoms with Crippen LogP contribution >= 0.6 is 11.3 Å². The van der Waals surface area contributed by atoms with E-state index < -0.39 is 0 Å². The van der Waals surface area contributed by atoms with Crippen molar-refractivity contribution in [2.24, 2.45) is 5.92 Å². The molecule has 2 aromatic rings. The summed E-state index contributed by atoms with van der Waals surface area (Å²) < 4.78 is 5.29. The number of rotatable bonds is 4. The normalized spacial score (nSPS) is 25.0. The van der Waals surface area contributed by atoms with Gasteiger partial charge in [-0.2, -0.15) is 0 Å². The first-order valence-corrected chi connectivity index (χ1v) is 9.29. The Bertz CT molecular complexity index is 658. The Labute approximate surface area is 140 Å². The van der Waals surface area contributed by atoms with Gasteiger partial charge in [0.1, 0.15) is 10.8 Å². The Morgan fingerprint density at radius 3 is 3.00 bits per heavy atom. The maximum Gasteiger partial charge on any atom is 0.137 e. The summed E-state index contributed by atoms with van der Waals surface area (Å²) in [6.45, 7) is 4.41. The number of likely N-dealkylation sites (tertiary alicyclic amines) is 1. The Kier molecular flexibility index (Phi) is 4.22. The van der Waals surface area contributed by atoms with Crippen LogP contribution in [0.1, 0.15) is 39.9 Å². The topological polar surface area (TPSA) is 62.4 Å². The lowest BCUT2D eigenvalue weighted by Gasteiger charge is -2.13. The molecule has 0 radical (unpaired) electrons. The van der Waals surface area contributed by atoms with Gasteiger partial charge in [0.25, 0.3) is 0 Å². The minimum Gasteiger partial charge on any atom is -0.391 e. The van der Waals surface area contributed by atoms with Gasteiger partial charge >= 0.3 is 0 Å². The average Bonchev–Trinajstić information content (AvgIpc) is 3.19. The summed E-state index contributed by atoms with van der Waals surface area (Å²) in [6.07, 6.45) is 5.38. The molecule has 1 fully saturated rings. The fourth-order valence-corrected chi connectivity index (χ4v) is 4.91. The Morgan fingerprint density at radius 2 is 2.22 bits per heavy atom. The standard InChI is InChI=1S/C17H23N3O2S/c1-11-6-13(22-19-11)7-12-8-20(9-15(12)21)10-17-18-14-4-2-3-5-16(14)23-17/h6,12,15,21H,2-5,7-10H2,1H3/t12-,15-/m1/s1. The van der Waals surface area contributed by atoms with E-state index in [0.717, 1.165) is 43.9 Å². The zero-order valence-electron chi connectivity index (χ0n) is 13.5. The lowest BCUT2D eigenvalue weighted by molar-refractivity contribution is 0.137. The maximum absolute atomic E-state index is 10.3. The molecule has 2 aliphatic rings. The number of aromatic nitrogens is 2. The summed E-state index contributed by atoms with van der Waals surface area (Å²) >= 11 is 1.87. The highest BCUT2D eigenvalue weighted by Crippen LogP contribution is 2.29. The van der Waals surface area contributed by atoms with E-state index in [1.54, 1.807) is 0 Å². The maximum atomic E-state index is 10.3. The first kappa shape index (κ1) is 15.3. The molecule has 23 heavy (non-hydrogen) atoms. The van der Waals surface area contributed by atoms with E-state index in [4.69, 9.17) is 9.51 Å². The first-order valence-electron chi connectivity index (χ1n) is 8.47.